The summed E-state index contributed by atoms with van der Waals surface area (Å²) in [4.78, 5) is 15.3. The number of carbonyl (C=O) groups excluding carboxylic acids is 1. The first-order chi connectivity index (χ1) is 4.23. The van der Waals surface area contributed by atoms with Gasteiger partial charge in [-0.3, -0.25) is 0 Å². The maximum absolute atomic E-state index is 8.89. The van der Waals surface area contributed by atoms with E-state index in [1.165, 1.54) is 0 Å². The minimum absolute atomic E-state index is 0. The number of hydrogen-bond donors (Lipinski definition) is 1. The summed E-state index contributed by atoms with van der Waals surface area (Å²) in [6, 6.07) is 0. The molecule has 0 aromatic carbocycles. The van der Waals surface area contributed by atoms with E-state index in [0.29, 0.717) is 0 Å². The van der Waals surface area contributed by atoms with Crippen LogP contribution in [0.15, 0.2) is 18.7 Å². The average molecular weight is 184 g/mol. The van der Waals surface area contributed by atoms with Crippen LogP contribution >= 0.6 is 0 Å². The molecule has 0 amide bonds. The molecule has 11 heavy (non-hydrogen) atoms. The van der Waals surface area contributed by atoms with Crippen molar-refractivity contribution in [2.45, 2.75) is 6.92 Å². The predicted molar refractivity (Wildman–Crippen MR) is 32.9 cm³/mol. The smallest absolute Gasteiger partial charge is 0.550 e. The Kier molecular flexibility index (Phi) is 20.4. The van der Waals surface area contributed by atoms with E-state index in [-0.39, 0.29) is 56.9 Å². The fourth-order valence-corrected chi connectivity index (χ4v) is 0.215. The number of carbonyl (C=O) groups is 1. The maximum Gasteiger partial charge on any atom is 1.00 e. The molecule has 1 heterocycles. The van der Waals surface area contributed by atoms with Crippen LogP contribution in [-0.2, 0) is 4.79 Å². The van der Waals surface area contributed by atoms with Crippen molar-refractivity contribution in [1.29, 1.82) is 0 Å². The molecular weight excluding hydrogens is 175 g/mol. The van der Waals surface area contributed by atoms with Gasteiger partial charge in [-0.15, -0.1) is 0 Å². The Bertz CT molecular complexity index is 134. The third-order valence-electron chi connectivity index (χ3n) is 0.406. The van der Waals surface area contributed by atoms with Gasteiger partial charge in [-0.25, -0.2) is 4.98 Å². The number of aliphatic carboxylic acids is 1. The Balaban J connectivity index is -0.000000101. The Labute approximate surface area is 107 Å². The summed E-state index contributed by atoms with van der Waals surface area (Å²) in [7, 11) is 0. The summed E-state index contributed by atoms with van der Waals surface area (Å²) in [5, 5.41) is 8.89. The Morgan fingerprint density at radius 2 is 2.09 bits per heavy atom. The van der Waals surface area contributed by atoms with E-state index < -0.39 is 5.97 Å². The quantitative estimate of drug-likeness (QED) is 0.410. The summed E-state index contributed by atoms with van der Waals surface area (Å²) in [5.41, 5.74) is 0. The number of carboxylic acids is 1. The molecule has 0 bridgehead atoms. The molecule has 5 nitrogen and oxygen atoms in total. The van der Waals surface area contributed by atoms with Crippen LogP contribution in [0.3, 0.4) is 0 Å². The third kappa shape index (κ3) is 25.3. The molecule has 0 aliphatic rings. The molecule has 0 radical (unpaired) electrons. The van der Waals surface area contributed by atoms with Crippen LogP contribution in [-0.4, -0.2) is 21.4 Å². The monoisotopic (exact) mass is 184 g/mol. The fraction of sp³-hybridized carbons (Fsp3) is 0.200. The van der Waals surface area contributed by atoms with Gasteiger partial charge in [0.2, 0.25) is 0 Å². The molecule has 1 rings (SSSR count). The van der Waals surface area contributed by atoms with Crippen LogP contribution in [0.25, 0.3) is 0 Å². The average Bonchev–Trinajstić information content (AvgIpc) is 2.11. The second-order valence-corrected chi connectivity index (χ2v) is 1.25. The van der Waals surface area contributed by atoms with Crippen molar-refractivity contribution in [3.05, 3.63) is 18.7 Å². The molecule has 3 N–H and O–H groups in total. The number of aromatic nitrogens is 2. The number of rotatable bonds is 0. The Hall–Kier alpha value is 0.276. The first-order valence-electron chi connectivity index (χ1n) is 2.34. The molecule has 6 heteroatoms. The number of aromatic amines is 1. The molecule has 1 aromatic heterocycles. The zero-order valence-electron chi connectivity index (χ0n) is 6.50. The molecule has 0 saturated carbocycles. The van der Waals surface area contributed by atoms with Crippen molar-refractivity contribution in [2.24, 2.45) is 0 Å². The van der Waals surface area contributed by atoms with Crippen LogP contribution in [0.2, 0.25) is 0 Å². The molecule has 0 saturated heterocycles. The zero-order valence-corrected chi connectivity index (χ0v) is 9.62. The molecule has 0 unspecified atom stereocenters. The first kappa shape index (κ1) is 17.4. The van der Waals surface area contributed by atoms with Crippen LogP contribution < -0.4 is 56.5 Å². The predicted octanol–water partition coefficient (Wildman–Crippen LogP) is -4.65. The maximum atomic E-state index is 8.89. The molecular formula is C5H9KN2O3. The molecule has 0 aliphatic carbocycles. The summed E-state index contributed by atoms with van der Waals surface area (Å²) in [6.45, 7) is 0.972. The van der Waals surface area contributed by atoms with Gasteiger partial charge in [0.05, 0.1) is 6.33 Å². The summed E-state index contributed by atoms with van der Waals surface area (Å²) < 4.78 is 0. The Morgan fingerprint density at radius 1 is 1.64 bits per heavy atom. The number of carboxylic acid groups (broad SMARTS) is 1. The van der Waals surface area contributed by atoms with Gasteiger partial charge < -0.3 is 20.4 Å². The van der Waals surface area contributed by atoms with Gasteiger partial charge in [-0.1, -0.05) is 0 Å². The van der Waals surface area contributed by atoms with Gasteiger partial charge in [-0.05, 0) is 6.92 Å². The van der Waals surface area contributed by atoms with E-state index in [9.17, 15) is 0 Å². The van der Waals surface area contributed by atoms with Gasteiger partial charge in [0.25, 0.3) is 0 Å². The first-order valence-corrected chi connectivity index (χ1v) is 2.34. The van der Waals surface area contributed by atoms with Crippen LogP contribution in [0.4, 0.5) is 0 Å². The molecule has 0 atom stereocenters. The largest absolute Gasteiger partial charge is 1.00 e. The standard InChI is InChI=1S/C3H4N2.C2H4O2.K.H2O/c1-2-5-3-4-1;1-2(3)4;;/h1-3H,(H,4,5);1H3,(H,3,4);;1H2/q;;+1;/p-1. The van der Waals surface area contributed by atoms with Crippen LogP contribution in [0, 0.1) is 0 Å². The molecule has 58 valence electrons. The third-order valence-corrected chi connectivity index (χ3v) is 0.406. The molecule has 0 fully saturated rings. The van der Waals surface area contributed by atoms with Gasteiger partial charge >= 0.3 is 51.4 Å². The van der Waals surface area contributed by atoms with E-state index in [1.807, 2.05) is 0 Å². The zero-order chi connectivity index (χ0) is 7.11. The summed E-state index contributed by atoms with van der Waals surface area (Å²) in [6.07, 6.45) is 5.08. The normalized spacial score (nSPS) is 5.91. The van der Waals surface area contributed by atoms with Crippen molar-refractivity contribution in [3.8, 4) is 0 Å². The number of nitrogens with zero attached hydrogens (tertiary/aromatic N) is 1. The van der Waals surface area contributed by atoms with Gasteiger partial charge in [0.1, 0.15) is 0 Å². The van der Waals surface area contributed by atoms with Crippen LogP contribution in [0.5, 0.6) is 0 Å². The second-order valence-electron chi connectivity index (χ2n) is 1.25. The number of imidazole rings is 1. The van der Waals surface area contributed by atoms with Crippen molar-refractivity contribution in [3.63, 3.8) is 0 Å². The molecule has 0 aliphatic heterocycles. The van der Waals surface area contributed by atoms with Gasteiger partial charge in [0, 0.05) is 18.4 Å². The van der Waals surface area contributed by atoms with Crippen LogP contribution in [0.1, 0.15) is 6.92 Å². The van der Waals surface area contributed by atoms with Crippen molar-refractivity contribution in [1.82, 2.24) is 9.97 Å². The van der Waals surface area contributed by atoms with Crippen molar-refractivity contribution in [2.75, 3.05) is 0 Å². The van der Waals surface area contributed by atoms with E-state index >= 15 is 0 Å². The van der Waals surface area contributed by atoms with Gasteiger partial charge in [0.15, 0.2) is 0 Å². The SMILES string of the molecule is CC(=O)[O-].O.[K+].c1c[nH]cn1. The van der Waals surface area contributed by atoms with E-state index in [4.69, 9.17) is 9.90 Å². The Morgan fingerprint density at radius 3 is 2.18 bits per heavy atom. The summed E-state index contributed by atoms with van der Waals surface area (Å²) in [5.74, 6) is -1.08. The summed E-state index contributed by atoms with van der Waals surface area (Å²) >= 11 is 0. The fourth-order valence-electron chi connectivity index (χ4n) is 0.215. The van der Waals surface area contributed by atoms with E-state index in [1.54, 1.807) is 18.7 Å². The number of nitrogens with one attached hydrogen (secondary N) is 1. The second kappa shape index (κ2) is 12.9. The molecule has 0 spiro atoms. The van der Waals surface area contributed by atoms with Crippen molar-refractivity contribution < 1.29 is 66.8 Å². The minimum Gasteiger partial charge on any atom is -0.550 e. The minimum atomic E-state index is -1.08. The number of hydrogen-bond acceptors (Lipinski definition) is 3. The van der Waals surface area contributed by atoms with E-state index in [0.717, 1.165) is 6.92 Å². The molecule has 1 aromatic rings. The number of H-pyrrole nitrogens is 1. The van der Waals surface area contributed by atoms with Crippen molar-refractivity contribution >= 4 is 5.97 Å². The van der Waals surface area contributed by atoms with E-state index in [2.05, 4.69) is 9.97 Å². The topological polar surface area (TPSA) is 100 Å². The van der Waals surface area contributed by atoms with Gasteiger partial charge in [-0.2, -0.15) is 0 Å².